The van der Waals surface area contributed by atoms with E-state index in [0.29, 0.717) is 25.1 Å². The Labute approximate surface area is 175 Å². The lowest BCUT2D eigenvalue weighted by molar-refractivity contribution is -0.141. The van der Waals surface area contributed by atoms with Crippen molar-refractivity contribution in [3.05, 3.63) is 53.4 Å². The van der Waals surface area contributed by atoms with E-state index in [1.807, 2.05) is 32.9 Å². The number of esters is 1. The molecule has 0 saturated carbocycles. The molecule has 1 heterocycles. The van der Waals surface area contributed by atoms with Crippen molar-refractivity contribution in [2.75, 3.05) is 0 Å². The van der Waals surface area contributed by atoms with Gasteiger partial charge in [-0.15, -0.1) is 0 Å². The summed E-state index contributed by atoms with van der Waals surface area (Å²) in [6.45, 7) is 13.4. The molecule has 0 saturated heterocycles. The lowest BCUT2D eigenvalue weighted by Gasteiger charge is -2.18. The van der Waals surface area contributed by atoms with E-state index in [1.165, 1.54) is 11.3 Å². The van der Waals surface area contributed by atoms with Gasteiger partial charge in [0.25, 0.3) is 0 Å². The maximum absolute atomic E-state index is 12.9. The van der Waals surface area contributed by atoms with Gasteiger partial charge in [0.05, 0.1) is 31.8 Å². The minimum Gasteiger partial charge on any atom is -0.423 e. The van der Waals surface area contributed by atoms with Crippen molar-refractivity contribution in [3.63, 3.8) is 0 Å². The van der Waals surface area contributed by atoms with E-state index in [-0.39, 0.29) is 17.6 Å². The third-order valence-electron chi connectivity index (χ3n) is 4.99. The Bertz CT molecular complexity index is 915. The van der Waals surface area contributed by atoms with Crippen LogP contribution in [0.25, 0.3) is 5.76 Å². The molecule has 1 aromatic heterocycles. The van der Waals surface area contributed by atoms with Gasteiger partial charge in [0.15, 0.2) is 5.76 Å². The lowest BCUT2D eigenvalue weighted by Crippen LogP contribution is -2.37. The summed E-state index contributed by atoms with van der Waals surface area (Å²) in [5.41, 5.74) is 2.58. The van der Waals surface area contributed by atoms with Crippen molar-refractivity contribution in [3.8, 4) is 6.07 Å². The fourth-order valence-corrected chi connectivity index (χ4v) is 4.38. The van der Waals surface area contributed by atoms with Crippen LogP contribution in [0.15, 0.2) is 36.4 Å². The number of aromatic nitrogens is 2. The molecule has 0 aliphatic carbocycles. The van der Waals surface area contributed by atoms with E-state index in [2.05, 4.69) is 49.0 Å². The van der Waals surface area contributed by atoms with Gasteiger partial charge in [-0.3, -0.25) is 9.48 Å². The average Bonchev–Trinajstić information content (AvgIpc) is 3.06. The van der Waals surface area contributed by atoms with E-state index in [9.17, 15) is 4.79 Å². The molecule has 29 heavy (non-hydrogen) atoms. The van der Waals surface area contributed by atoms with E-state index >= 15 is 0 Å². The maximum atomic E-state index is 12.9. The van der Waals surface area contributed by atoms with Crippen molar-refractivity contribution in [2.45, 2.75) is 59.8 Å². The molecule has 0 fully saturated rings. The highest BCUT2D eigenvalue weighted by Crippen LogP contribution is 2.22. The van der Waals surface area contributed by atoms with E-state index in [0.717, 1.165) is 11.3 Å². The maximum Gasteiger partial charge on any atom is 0.314 e. The third kappa shape index (κ3) is 5.91. The van der Waals surface area contributed by atoms with Crippen molar-refractivity contribution < 1.29 is 9.53 Å². The number of hydrogen-bond acceptors (Lipinski definition) is 4. The average molecular weight is 410 g/mol. The third-order valence-corrected chi connectivity index (χ3v) is 7.05. The number of nitriles is 1. The number of carbonyl (C=O) groups excluding carboxylic acids is 1. The molecule has 2 aromatic rings. The first-order chi connectivity index (χ1) is 13.7. The van der Waals surface area contributed by atoms with Gasteiger partial charge in [-0.1, -0.05) is 56.0 Å². The van der Waals surface area contributed by atoms with Crippen molar-refractivity contribution in [1.29, 1.82) is 5.26 Å². The molecule has 0 aliphatic heterocycles. The molecule has 2 rings (SSSR count). The van der Waals surface area contributed by atoms with Gasteiger partial charge in [0.2, 0.25) is 0 Å². The first-order valence-electron chi connectivity index (χ1n) is 10.1. The van der Waals surface area contributed by atoms with Crippen LogP contribution in [-0.4, -0.2) is 23.8 Å². The van der Waals surface area contributed by atoms with Crippen molar-refractivity contribution in [2.24, 2.45) is 5.92 Å². The van der Waals surface area contributed by atoms with Gasteiger partial charge in [0, 0.05) is 6.54 Å². The number of carbonyl (C=O) groups is 1. The van der Waals surface area contributed by atoms with Gasteiger partial charge < -0.3 is 4.74 Å². The molecule has 6 heteroatoms. The quantitative estimate of drug-likeness (QED) is 0.280. The fraction of sp³-hybridized carbons (Fsp3) is 0.435. The predicted octanol–water partition coefficient (Wildman–Crippen LogP) is 4.43. The molecule has 0 bridgehead atoms. The van der Waals surface area contributed by atoms with Crippen LogP contribution < -0.4 is 5.19 Å². The van der Waals surface area contributed by atoms with Crippen LogP contribution in [0.4, 0.5) is 0 Å². The summed E-state index contributed by atoms with van der Waals surface area (Å²) >= 11 is 0. The molecular formula is C23H31N3O2Si. The van der Waals surface area contributed by atoms with Crippen LogP contribution in [0.3, 0.4) is 0 Å². The Hall–Kier alpha value is -2.65. The van der Waals surface area contributed by atoms with Crippen molar-refractivity contribution >= 4 is 25.0 Å². The number of rotatable bonds is 8. The molecule has 0 aliphatic rings. The summed E-state index contributed by atoms with van der Waals surface area (Å²) in [6, 6.07) is 12.4. The summed E-state index contributed by atoms with van der Waals surface area (Å²) in [4.78, 5) is 12.9. The summed E-state index contributed by atoms with van der Waals surface area (Å²) in [5.74, 6) is -0.328. The number of benzene rings is 1. The molecule has 0 amide bonds. The number of hydrogen-bond donors (Lipinski definition) is 0. The number of nitrogens with zero attached hydrogens (tertiary/aromatic N) is 3. The molecule has 0 spiro atoms. The van der Waals surface area contributed by atoms with Crippen molar-refractivity contribution in [1.82, 2.24) is 9.78 Å². The largest absolute Gasteiger partial charge is 0.423 e. The Balaban J connectivity index is 2.17. The lowest BCUT2D eigenvalue weighted by atomic mass is 9.97. The minimum atomic E-state index is -1.34. The van der Waals surface area contributed by atoms with Crippen LogP contribution in [0.5, 0.6) is 0 Å². The van der Waals surface area contributed by atoms with Gasteiger partial charge in [-0.25, -0.2) is 0 Å². The zero-order valence-corrected chi connectivity index (χ0v) is 19.3. The molecule has 154 valence electrons. The number of ether oxygens (including phenoxy) is 1. The van der Waals surface area contributed by atoms with E-state index in [1.54, 1.807) is 4.68 Å². The van der Waals surface area contributed by atoms with E-state index in [4.69, 9.17) is 10.00 Å². The van der Waals surface area contributed by atoms with Gasteiger partial charge in [0.1, 0.15) is 5.69 Å². The Morgan fingerprint density at radius 1 is 1.28 bits per heavy atom. The Kier molecular flexibility index (Phi) is 7.57. The first kappa shape index (κ1) is 22.6. The van der Waals surface area contributed by atoms with Gasteiger partial charge in [-0.05, 0) is 38.3 Å². The second-order valence-electron chi connectivity index (χ2n) is 8.30. The summed E-state index contributed by atoms with van der Waals surface area (Å²) in [5, 5.41) is 14.9. The number of allylic oxidation sites excluding steroid dienone is 1. The highest BCUT2D eigenvalue weighted by Gasteiger charge is 2.23. The highest BCUT2D eigenvalue weighted by molar-refractivity contribution is 6.88. The summed E-state index contributed by atoms with van der Waals surface area (Å²) < 4.78 is 7.42. The fourth-order valence-electron chi connectivity index (χ4n) is 3.21. The van der Waals surface area contributed by atoms with Crippen LogP contribution >= 0.6 is 0 Å². The molecule has 1 atom stereocenters. The molecule has 1 aromatic carbocycles. The second-order valence-corrected chi connectivity index (χ2v) is 13.4. The van der Waals surface area contributed by atoms with Gasteiger partial charge >= 0.3 is 5.97 Å². The summed E-state index contributed by atoms with van der Waals surface area (Å²) in [7, 11) is -1.34. The van der Waals surface area contributed by atoms with E-state index < -0.39 is 8.07 Å². The van der Waals surface area contributed by atoms with Crippen LogP contribution in [-0.2, 0) is 22.5 Å². The first-order valence-corrected chi connectivity index (χ1v) is 13.6. The summed E-state index contributed by atoms with van der Waals surface area (Å²) in [6.07, 6.45) is 2.56. The number of aryl methyl sites for hydroxylation is 2. The molecule has 0 radical (unpaired) electrons. The van der Waals surface area contributed by atoms with Gasteiger partial charge in [-0.2, -0.15) is 10.4 Å². The monoisotopic (exact) mass is 409 g/mol. The minimum absolute atomic E-state index is 0.257. The topological polar surface area (TPSA) is 67.9 Å². The standard InChI is InChI=1S/C23H31N3O2Si/c1-7-19(16-18-9-11-20(12-10-18)29(4,5)6)23(27)28-22(13-14-24)21-15-17(3)25-26(21)8-2/h9-13,15,19H,7-8,16H2,1-6H3/b22-13-. The second kappa shape index (κ2) is 9.70. The normalized spacial score (nSPS) is 13.1. The molecule has 0 N–H and O–H groups in total. The Morgan fingerprint density at radius 2 is 1.93 bits per heavy atom. The zero-order valence-electron chi connectivity index (χ0n) is 18.3. The van der Waals surface area contributed by atoms with Crippen LogP contribution in [0.1, 0.15) is 37.2 Å². The molecular weight excluding hydrogens is 378 g/mol. The molecule has 1 unspecified atom stereocenters. The van der Waals surface area contributed by atoms with Crippen LogP contribution in [0.2, 0.25) is 19.6 Å². The smallest absolute Gasteiger partial charge is 0.314 e. The highest BCUT2D eigenvalue weighted by atomic mass is 28.3. The zero-order chi connectivity index (χ0) is 21.6. The predicted molar refractivity (Wildman–Crippen MR) is 119 cm³/mol. The molecule has 5 nitrogen and oxygen atoms in total. The SMILES string of the molecule is CCC(Cc1ccc([Si](C)(C)C)cc1)C(=O)O/C(=C\C#N)c1cc(C)nn1CC. The Morgan fingerprint density at radius 3 is 2.45 bits per heavy atom. The van der Waals surface area contributed by atoms with Crippen LogP contribution in [0, 0.1) is 24.2 Å².